The highest BCUT2D eigenvalue weighted by Crippen LogP contribution is 2.50. The Kier molecular flexibility index (Phi) is 4.08. The van der Waals surface area contributed by atoms with Crippen molar-refractivity contribution in [2.24, 2.45) is 5.92 Å². The van der Waals surface area contributed by atoms with E-state index in [2.05, 4.69) is 31.3 Å². The molecular weight excluding hydrogens is 274 g/mol. The minimum absolute atomic E-state index is 0.545. The quantitative estimate of drug-likeness (QED) is 0.920. The van der Waals surface area contributed by atoms with Crippen LogP contribution >= 0.6 is 11.6 Å². The van der Waals surface area contributed by atoms with Gasteiger partial charge in [0.05, 0.1) is 18.2 Å². The zero-order chi connectivity index (χ0) is 14.1. The number of halogens is 1. The molecule has 1 aromatic rings. The van der Waals surface area contributed by atoms with E-state index in [-0.39, 0.29) is 0 Å². The van der Waals surface area contributed by atoms with E-state index in [1.54, 1.807) is 0 Å². The maximum absolute atomic E-state index is 6.35. The van der Waals surface area contributed by atoms with Crippen molar-refractivity contribution < 1.29 is 9.47 Å². The number of benzene rings is 1. The van der Waals surface area contributed by atoms with E-state index < -0.39 is 0 Å². The Balaban J connectivity index is 1.72. The van der Waals surface area contributed by atoms with Crippen LogP contribution in [0, 0.1) is 5.92 Å². The van der Waals surface area contributed by atoms with Crippen LogP contribution in [0.4, 0.5) is 0 Å². The Hall–Kier alpha value is -0.930. The van der Waals surface area contributed by atoms with Crippen LogP contribution in [0.15, 0.2) is 12.1 Å². The minimum atomic E-state index is 0.545. The molecule has 3 rings (SSSR count). The lowest BCUT2D eigenvalue weighted by Gasteiger charge is -2.12. The standard InChI is InChI=1S/C16H22ClNO2/c1-10(2)18-9-12-6-13(12)11-7-14(17)16-15(8-11)19-4-3-5-20-16/h7-8,10,12-13,18H,3-6,9H2,1-2H3. The Morgan fingerprint density at radius 2 is 2.10 bits per heavy atom. The summed E-state index contributed by atoms with van der Waals surface area (Å²) in [4.78, 5) is 0. The van der Waals surface area contributed by atoms with E-state index >= 15 is 0 Å². The highest BCUT2D eigenvalue weighted by Gasteiger charge is 2.38. The molecule has 2 unspecified atom stereocenters. The van der Waals surface area contributed by atoms with E-state index in [1.165, 1.54) is 12.0 Å². The Labute approximate surface area is 125 Å². The fraction of sp³-hybridized carbons (Fsp3) is 0.625. The summed E-state index contributed by atoms with van der Waals surface area (Å²) in [5, 5.41) is 4.19. The smallest absolute Gasteiger partial charge is 0.179 e. The van der Waals surface area contributed by atoms with E-state index in [9.17, 15) is 0 Å². The fourth-order valence-electron chi connectivity index (χ4n) is 2.73. The van der Waals surface area contributed by atoms with Gasteiger partial charge < -0.3 is 14.8 Å². The van der Waals surface area contributed by atoms with Gasteiger partial charge >= 0.3 is 0 Å². The summed E-state index contributed by atoms with van der Waals surface area (Å²) in [5.74, 6) is 2.85. The Bertz CT molecular complexity index is 490. The lowest BCUT2D eigenvalue weighted by Crippen LogP contribution is -2.25. The van der Waals surface area contributed by atoms with Gasteiger partial charge in [0, 0.05) is 12.5 Å². The maximum atomic E-state index is 6.35. The predicted molar refractivity (Wildman–Crippen MR) is 81.0 cm³/mol. The van der Waals surface area contributed by atoms with E-state index in [1.807, 2.05) is 0 Å². The molecule has 0 saturated heterocycles. The first kappa shape index (κ1) is 14.0. The third-order valence-electron chi connectivity index (χ3n) is 3.96. The van der Waals surface area contributed by atoms with Crippen molar-refractivity contribution in [2.45, 2.75) is 38.6 Å². The van der Waals surface area contributed by atoms with Gasteiger partial charge in [-0.15, -0.1) is 0 Å². The molecule has 0 radical (unpaired) electrons. The Morgan fingerprint density at radius 3 is 2.90 bits per heavy atom. The van der Waals surface area contributed by atoms with Crippen molar-refractivity contribution in [3.63, 3.8) is 0 Å². The van der Waals surface area contributed by atoms with Crippen molar-refractivity contribution >= 4 is 11.6 Å². The molecule has 110 valence electrons. The molecule has 0 aromatic heterocycles. The molecule has 1 aromatic carbocycles. The zero-order valence-corrected chi connectivity index (χ0v) is 12.9. The molecule has 1 saturated carbocycles. The van der Waals surface area contributed by atoms with Crippen molar-refractivity contribution in [1.29, 1.82) is 0 Å². The third-order valence-corrected chi connectivity index (χ3v) is 4.24. The molecule has 2 aliphatic rings. The normalized spacial score (nSPS) is 24.6. The average molecular weight is 296 g/mol. The summed E-state index contributed by atoms with van der Waals surface area (Å²) in [6, 6.07) is 4.71. The van der Waals surface area contributed by atoms with Crippen LogP contribution in [0.5, 0.6) is 11.5 Å². The van der Waals surface area contributed by atoms with Gasteiger partial charge in [0.15, 0.2) is 11.5 Å². The fourth-order valence-corrected chi connectivity index (χ4v) is 3.01. The van der Waals surface area contributed by atoms with Crippen LogP contribution in [-0.2, 0) is 0 Å². The van der Waals surface area contributed by atoms with Crippen molar-refractivity contribution in [2.75, 3.05) is 19.8 Å². The van der Waals surface area contributed by atoms with Crippen LogP contribution in [0.25, 0.3) is 0 Å². The lowest BCUT2D eigenvalue weighted by atomic mass is 10.1. The average Bonchev–Trinajstić information content (AvgIpc) is 3.19. The molecule has 2 atom stereocenters. The maximum Gasteiger partial charge on any atom is 0.179 e. The van der Waals surface area contributed by atoms with E-state index in [0.717, 1.165) is 24.6 Å². The van der Waals surface area contributed by atoms with Crippen LogP contribution in [0.1, 0.15) is 38.2 Å². The van der Waals surface area contributed by atoms with Crippen LogP contribution in [0.3, 0.4) is 0 Å². The monoisotopic (exact) mass is 295 g/mol. The molecule has 1 heterocycles. The Morgan fingerprint density at radius 1 is 1.30 bits per heavy atom. The second kappa shape index (κ2) is 5.82. The summed E-state index contributed by atoms with van der Waals surface area (Å²) < 4.78 is 11.4. The van der Waals surface area contributed by atoms with Gasteiger partial charge in [-0.25, -0.2) is 0 Å². The van der Waals surface area contributed by atoms with Gasteiger partial charge in [-0.05, 0) is 42.5 Å². The largest absolute Gasteiger partial charge is 0.489 e. The molecule has 0 amide bonds. The van der Waals surface area contributed by atoms with Crippen molar-refractivity contribution in [3.8, 4) is 11.5 Å². The third kappa shape index (κ3) is 3.04. The van der Waals surface area contributed by atoms with Crippen molar-refractivity contribution in [1.82, 2.24) is 5.32 Å². The number of hydrogen-bond acceptors (Lipinski definition) is 3. The highest BCUT2D eigenvalue weighted by atomic mass is 35.5. The number of rotatable bonds is 4. The van der Waals surface area contributed by atoms with Gasteiger partial charge in [0.2, 0.25) is 0 Å². The summed E-state index contributed by atoms with van der Waals surface area (Å²) >= 11 is 6.35. The first-order valence-corrected chi connectivity index (χ1v) is 7.85. The molecule has 1 N–H and O–H groups in total. The number of ether oxygens (including phenoxy) is 2. The summed E-state index contributed by atoms with van der Waals surface area (Å²) in [5.41, 5.74) is 1.29. The summed E-state index contributed by atoms with van der Waals surface area (Å²) in [6.07, 6.45) is 2.14. The van der Waals surface area contributed by atoms with E-state index in [0.29, 0.717) is 35.9 Å². The molecular formula is C16H22ClNO2. The van der Waals surface area contributed by atoms with Gasteiger partial charge in [0.1, 0.15) is 0 Å². The second-order valence-corrected chi connectivity index (χ2v) is 6.45. The first-order chi connectivity index (χ1) is 9.65. The molecule has 1 aliphatic heterocycles. The van der Waals surface area contributed by atoms with Gasteiger partial charge in [-0.2, -0.15) is 0 Å². The molecule has 1 fully saturated rings. The number of fused-ring (bicyclic) bond motifs is 1. The van der Waals surface area contributed by atoms with Gasteiger partial charge in [0.25, 0.3) is 0 Å². The molecule has 0 spiro atoms. The van der Waals surface area contributed by atoms with Crippen LogP contribution in [0.2, 0.25) is 5.02 Å². The number of hydrogen-bond donors (Lipinski definition) is 1. The summed E-state index contributed by atoms with van der Waals surface area (Å²) in [7, 11) is 0. The molecule has 3 nitrogen and oxygen atoms in total. The zero-order valence-electron chi connectivity index (χ0n) is 12.1. The first-order valence-electron chi connectivity index (χ1n) is 7.47. The lowest BCUT2D eigenvalue weighted by molar-refractivity contribution is 0.297. The highest BCUT2D eigenvalue weighted by molar-refractivity contribution is 6.32. The minimum Gasteiger partial charge on any atom is -0.489 e. The van der Waals surface area contributed by atoms with Gasteiger partial charge in [-0.1, -0.05) is 25.4 Å². The van der Waals surface area contributed by atoms with Crippen LogP contribution in [-0.4, -0.2) is 25.8 Å². The molecule has 20 heavy (non-hydrogen) atoms. The molecule has 1 aliphatic carbocycles. The van der Waals surface area contributed by atoms with Gasteiger partial charge in [-0.3, -0.25) is 0 Å². The molecule has 4 heteroatoms. The number of nitrogens with one attached hydrogen (secondary N) is 1. The second-order valence-electron chi connectivity index (χ2n) is 6.05. The molecule has 0 bridgehead atoms. The summed E-state index contributed by atoms with van der Waals surface area (Å²) in [6.45, 7) is 6.82. The van der Waals surface area contributed by atoms with Crippen LogP contribution < -0.4 is 14.8 Å². The van der Waals surface area contributed by atoms with Crippen molar-refractivity contribution in [3.05, 3.63) is 22.7 Å². The SMILES string of the molecule is CC(C)NCC1CC1c1cc(Cl)c2c(c1)OCCCO2. The van der Waals surface area contributed by atoms with E-state index in [4.69, 9.17) is 21.1 Å². The topological polar surface area (TPSA) is 30.5 Å². The predicted octanol–water partition coefficient (Wildman–Crippen LogP) is 3.60.